The number of aromatic nitrogens is 2. The van der Waals surface area contributed by atoms with Gasteiger partial charge in [-0.2, -0.15) is 4.98 Å². The fourth-order valence-corrected chi connectivity index (χ4v) is 1.96. The summed E-state index contributed by atoms with van der Waals surface area (Å²) in [6.45, 7) is 4.07. The van der Waals surface area contributed by atoms with Crippen LogP contribution in [0.3, 0.4) is 0 Å². The van der Waals surface area contributed by atoms with Crippen molar-refractivity contribution in [1.29, 1.82) is 0 Å². The third-order valence-electron chi connectivity index (χ3n) is 3.05. The van der Waals surface area contributed by atoms with Gasteiger partial charge in [-0.3, -0.25) is 0 Å². The van der Waals surface area contributed by atoms with Crippen LogP contribution in [0.15, 0.2) is 30.3 Å². The van der Waals surface area contributed by atoms with Crippen molar-refractivity contribution < 1.29 is 9.84 Å². The van der Waals surface area contributed by atoms with Gasteiger partial charge in [0.05, 0.1) is 18.8 Å². The summed E-state index contributed by atoms with van der Waals surface area (Å²) in [5, 5.41) is 13.3. The van der Waals surface area contributed by atoms with Crippen molar-refractivity contribution in [2.75, 3.05) is 19.0 Å². The van der Waals surface area contributed by atoms with Crippen LogP contribution in [0.25, 0.3) is 0 Å². The van der Waals surface area contributed by atoms with E-state index in [1.54, 1.807) is 14.0 Å². The zero-order chi connectivity index (χ0) is 14.5. The van der Waals surface area contributed by atoms with Gasteiger partial charge < -0.3 is 15.2 Å². The largest absolute Gasteiger partial charge is 0.481 e. The van der Waals surface area contributed by atoms with Crippen molar-refractivity contribution in [2.24, 2.45) is 0 Å². The van der Waals surface area contributed by atoms with Crippen molar-refractivity contribution in [1.82, 2.24) is 9.97 Å². The summed E-state index contributed by atoms with van der Waals surface area (Å²) >= 11 is 0. The minimum atomic E-state index is -0.586. The second kappa shape index (κ2) is 6.34. The smallest absolute Gasteiger partial charge is 0.221 e. The molecule has 2 N–H and O–H groups in total. The van der Waals surface area contributed by atoms with Gasteiger partial charge in [0, 0.05) is 6.54 Å². The van der Waals surface area contributed by atoms with E-state index in [2.05, 4.69) is 15.3 Å². The lowest BCUT2D eigenvalue weighted by atomic mass is 10.1. The van der Waals surface area contributed by atoms with Crippen molar-refractivity contribution in [2.45, 2.75) is 20.0 Å². The highest BCUT2D eigenvalue weighted by molar-refractivity contribution is 5.48. The number of hydrogen-bond donors (Lipinski definition) is 2. The number of aryl methyl sites for hydroxylation is 1. The maximum absolute atomic E-state index is 10.1. The quantitative estimate of drug-likeness (QED) is 0.874. The number of hydrogen-bond acceptors (Lipinski definition) is 5. The predicted molar refractivity (Wildman–Crippen MR) is 77.9 cm³/mol. The summed E-state index contributed by atoms with van der Waals surface area (Å²) in [6, 6.07) is 9.52. The van der Waals surface area contributed by atoms with Gasteiger partial charge in [0.1, 0.15) is 11.6 Å². The highest BCUT2D eigenvalue weighted by Gasteiger charge is 2.12. The van der Waals surface area contributed by atoms with Crippen LogP contribution in [0, 0.1) is 13.8 Å². The van der Waals surface area contributed by atoms with Gasteiger partial charge in [-0.25, -0.2) is 4.98 Å². The Hall–Kier alpha value is -2.14. The first-order valence-electron chi connectivity index (χ1n) is 6.48. The first-order valence-corrected chi connectivity index (χ1v) is 6.48. The van der Waals surface area contributed by atoms with E-state index in [-0.39, 0.29) is 0 Å². The molecule has 0 aliphatic carbocycles. The molecule has 1 aromatic heterocycles. The number of methoxy groups -OCH3 is 1. The van der Waals surface area contributed by atoms with Gasteiger partial charge in [-0.1, -0.05) is 30.3 Å². The number of aliphatic hydroxyl groups is 1. The average molecular weight is 273 g/mol. The summed E-state index contributed by atoms with van der Waals surface area (Å²) < 4.78 is 5.20. The van der Waals surface area contributed by atoms with E-state index in [4.69, 9.17) is 4.74 Å². The number of anilines is 1. The Bertz CT molecular complexity index is 573. The molecule has 1 atom stereocenters. The third-order valence-corrected chi connectivity index (χ3v) is 3.05. The van der Waals surface area contributed by atoms with E-state index in [0.29, 0.717) is 24.1 Å². The molecule has 1 aromatic carbocycles. The normalized spacial score (nSPS) is 12.0. The van der Waals surface area contributed by atoms with Gasteiger partial charge >= 0.3 is 0 Å². The molecule has 1 heterocycles. The molecule has 5 heteroatoms. The fraction of sp³-hybridized carbons (Fsp3) is 0.333. The van der Waals surface area contributed by atoms with Crippen LogP contribution in [0.5, 0.6) is 5.88 Å². The number of ether oxygens (including phenoxy) is 1. The summed E-state index contributed by atoms with van der Waals surface area (Å²) in [6.07, 6.45) is -0.586. The maximum atomic E-state index is 10.1. The van der Waals surface area contributed by atoms with Crippen LogP contribution in [0.1, 0.15) is 23.1 Å². The molecule has 0 bridgehead atoms. The van der Waals surface area contributed by atoms with Crippen LogP contribution < -0.4 is 10.1 Å². The molecule has 0 aliphatic heterocycles. The lowest BCUT2D eigenvalue weighted by Crippen LogP contribution is -2.14. The number of rotatable bonds is 5. The lowest BCUT2D eigenvalue weighted by Gasteiger charge is -2.15. The molecule has 0 saturated heterocycles. The highest BCUT2D eigenvalue weighted by atomic mass is 16.5. The molecular weight excluding hydrogens is 254 g/mol. The van der Waals surface area contributed by atoms with E-state index in [0.717, 1.165) is 11.1 Å². The Labute approximate surface area is 118 Å². The minimum absolute atomic E-state index is 0.379. The molecule has 0 radical (unpaired) electrons. The summed E-state index contributed by atoms with van der Waals surface area (Å²) in [4.78, 5) is 8.53. The molecule has 2 aromatic rings. The molecule has 1 unspecified atom stereocenters. The molecule has 20 heavy (non-hydrogen) atoms. The van der Waals surface area contributed by atoms with Crippen molar-refractivity contribution in [3.63, 3.8) is 0 Å². The van der Waals surface area contributed by atoms with Gasteiger partial charge in [0.25, 0.3) is 0 Å². The number of benzene rings is 1. The summed E-state index contributed by atoms with van der Waals surface area (Å²) in [5.74, 6) is 1.86. The average Bonchev–Trinajstić information content (AvgIpc) is 2.48. The molecule has 5 nitrogen and oxygen atoms in total. The van der Waals surface area contributed by atoms with Gasteiger partial charge in [-0.05, 0) is 19.4 Å². The van der Waals surface area contributed by atoms with E-state index in [1.807, 2.05) is 37.3 Å². The Balaban J connectivity index is 2.09. The molecule has 0 saturated carbocycles. The second-order valence-electron chi connectivity index (χ2n) is 4.56. The first-order chi connectivity index (χ1) is 9.61. The standard InChI is InChI=1S/C15H19N3O2/c1-10-14(17-11(2)18-15(10)20-3)16-9-13(19)12-7-5-4-6-8-12/h4-8,13,19H,9H2,1-3H3,(H,16,17,18). The highest BCUT2D eigenvalue weighted by Crippen LogP contribution is 2.22. The lowest BCUT2D eigenvalue weighted by molar-refractivity contribution is 0.191. The van der Waals surface area contributed by atoms with E-state index in [9.17, 15) is 5.11 Å². The Morgan fingerprint density at radius 1 is 1.20 bits per heavy atom. The van der Waals surface area contributed by atoms with E-state index < -0.39 is 6.10 Å². The fourth-order valence-electron chi connectivity index (χ4n) is 1.96. The Morgan fingerprint density at radius 2 is 1.90 bits per heavy atom. The van der Waals surface area contributed by atoms with Crippen LogP contribution >= 0.6 is 0 Å². The number of nitrogens with zero attached hydrogens (tertiary/aromatic N) is 2. The van der Waals surface area contributed by atoms with Crippen LogP contribution in [-0.4, -0.2) is 28.7 Å². The monoisotopic (exact) mass is 273 g/mol. The molecular formula is C15H19N3O2. The molecule has 0 fully saturated rings. The van der Waals surface area contributed by atoms with Crippen molar-refractivity contribution >= 4 is 5.82 Å². The SMILES string of the molecule is COc1nc(C)nc(NCC(O)c2ccccc2)c1C. The van der Waals surface area contributed by atoms with Crippen molar-refractivity contribution in [3.05, 3.63) is 47.3 Å². The molecule has 106 valence electrons. The van der Waals surface area contributed by atoms with Crippen LogP contribution in [0.4, 0.5) is 5.82 Å². The summed E-state index contributed by atoms with van der Waals surface area (Å²) in [7, 11) is 1.58. The topological polar surface area (TPSA) is 67.3 Å². The molecule has 0 spiro atoms. The molecule has 0 aliphatic rings. The predicted octanol–water partition coefficient (Wildman–Crippen LogP) is 2.25. The van der Waals surface area contributed by atoms with Crippen molar-refractivity contribution in [3.8, 4) is 5.88 Å². The molecule has 2 rings (SSSR count). The Morgan fingerprint density at radius 3 is 2.55 bits per heavy atom. The third kappa shape index (κ3) is 3.24. The number of nitrogens with one attached hydrogen (secondary N) is 1. The van der Waals surface area contributed by atoms with Gasteiger partial charge in [-0.15, -0.1) is 0 Å². The zero-order valence-electron chi connectivity index (χ0n) is 11.9. The molecule has 0 amide bonds. The Kier molecular flexibility index (Phi) is 4.53. The summed E-state index contributed by atoms with van der Waals surface area (Å²) in [5.41, 5.74) is 1.70. The zero-order valence-corrected chi connectivity index (χ0v) is 11.9. The van der Waals surface area contributed by atoms with Crippen LogP contribution in [0.2, 0.25) is 0 Å². The maximum Gasteiger partial charge on any atom is 0.221 e. The van der Waals surface area contributed by atoms with Gasteiger partial charge in [0.2, 0.25) is 5.88 Å². The number of aliphatic hydroxyl groups excluding tert-OH is 1. The van der Waals surface area contributed by atoms with Gasteiger partial charge in [0.15, 0.2) is 0 Å². The van der Waals surface area contributed by atoms with Crippen LogP contribution in [-0.2, 0) is 0 Å². The van der Waals surface area contributed by atoms with E-state index >= 15 is 0 Å². The minimum Gasteiger partial charge on any atom is -0.481 e. The second-order valence-corrected chi connectivity index (χ2v) is 4.56. The first kappa shape index (κ1) is 14.3. The van der Waals surface area contributed by atoms with E-state index in [1.165, 1.54) is 0 Å².